The molecular formula is C27H27N5O4. The zero-order valence-electron chi connectivity index (χ0n) is 20.5. The van der Waals surface area contributed by atoms with E-state index in [4.69, 9.17) is 9.72 Å². The molecule has 4 amide bonds. The molecule has 6 rings (SSSR count). The van der Waals surface area contributed by atoms with Crippen LogP contribution in [0.2, 0.25) is 0 Å². The number of urea groups is 1. The molecule has 0 bridgehead atoms. The SMILES string of the molecule is COc1ccc2nc3c(cc2c1)CC1(C(=O)N(C)C(=O)N(C)C1=O)C1CN(c2ccccc2)CCN31. The number of anilines is 2. The maximum atomic E-state index is 13.9. The molecule has 184 valence electrons. The second-order valence-electron chi connectivity index (χ2n) is 9.68. The highest BCUT2D eigenvalue weighted by Crippen LogP contribution is 2.47. The summed E-state index contributed by atoms with van der Waals surface area (Å²) in [5.74, 6) is 0.576. The van der Waals surface area contributed by atoms with Crippen LogP contribution in [0, 0.1) is 5.41 Å². The van der Waals surface area contributed by atoms with E-state index in [1.807, 2.05) is 54.6 Å². The largest absolute Gasteiger partial charge is 0.497 e. The van der Waals surface area contributed by atoms with E-state index >= 15 is 0 Å². The Kier molecular flexibility index (Phi) is 4.93. The molecule has 0 aliphatic carbocycles. The zero-order chi connectivity index (χ0) is 25.2. The number of pyridine rings is 1. The minimum absolute atomic E-state index is 0.173. The van der Waals surface area contributed by atoms with Crippen molar-refractivity contribution < 1.29 is 19.1 Å². The Hall–Kier alpha value is -4.14. The van der Waals surface area contributed by atoms with Gasteiger partial charge in [0.2, 0.25) is 11.8 Å². The Bertz CT molecular complexity index is 1380. The minimum Gasteiger partial charge on any atom is -0.497 e. The van der Waals surface area contributed by atoms with E-state index in [-0.39, 0.29) is 6.42 Å². The second kappa shape index (κ2) is 7.94. The third-order valence-corrected chi connectivity index (χ3v) is 7.84. The van der Waals surface area contributed by atoms with E-state index in [0.29, 0.717) is 25.4 Å². The van der Waals surface area contributed by atoms with Crippen molar-refractivity contribution in [3.63, 3.8) is 0 Å². The number of ether oxygens (including phenoxy) is 1. The number of piperazine rings is 1. The number of carbonyl (C=O) groups is 3. The van der Waals surface area contributed by atoms with Gasteiger partial charge in [-0.05, 0) is 42.0 Å². The molecule has 1 atom stereocenters. The molecule has 3 aliphatic heterocycles. The first kappa shape index (κ1) is 22.3. The van der Waals surface area contributed by atoms with Gasteiger partial charge in [0.1, 0.15) is 11.6 Å². The summed E-state index contributed by atoms with van der Waals surface area (Å²) < 4.78 is 5.39. The minimum atomic E-state index is -1.44. The molecule has 9 heteroatoms. The Balaban J connectivity index is 1.53. The number of rotatable bonds is 2. The number of amides is 4. The Morgan fingerprint density at radius 3 is 2.36 bits per heavy atom. The van der Waals surface area contributed by atoms with Gasteiger partial charge in [-0.3, -0.25) is 19.4 Å². The summed E-state index contributed by atoms with van der Waals surface area (Å²) in [4.78, 5) is 52.0. The third kappa shape index (κ3) is 3.01. The lowest BCUT2D eigenvalue weighted by Crippen LogP contribution is -2.75. The number of benzene rings is 2. The van der Waals surface area contributed by atoms with Gasteiger partial charge >= 0.3 is 6.03 Å². The molecule has 36 heavy (non-hydrogen) atoms. The summed E-state index contributed by atoms with van der Waals surface area (Å²) in [5.41, 5.74) is 1.23. The number of methoxy groups -OCH3 is 1. The molecule has 2 fully saturated rings. The van der Waals surface area contributed by atoms with Gasteiger partial charge in [-0.15, -0.1) is 0 Å². The molecule has 1 spiro atoms. The molecule has 3 aromatic rings. The molecule has 1 aromatic heterocycles. The number of hydrogen-bond donors (Lipinski definition) is 0. The normalized spacial score (nSPS) is 21.2. The molecule has 0 radical (unpaired) electrons. The number of carbonyl (C=O) groups excluding carboxylic acids is 3. The summed E-state index contributed by atoms with van der Waals surface area (Å²) in [6.07, 6.45) is 0.173. The molecule has 1 unspecified atom stereocenters. The first-order valence-corrected chi connectivity index (χ1v) is 12.0. The molecule has 9 nitrogen and oxygen atoms in total. The number of fused-ring (bicyclic) bond motifs is 5. The average Bonchev–Trinajstić information content (AvgIpc) is 2.92. The predicted octanol–water partition coefficient (Wildman–Crippen LogP) is 2.53. The first-order valence-electron chi connectivity index (χ1n) is 12.0. The van der Waals surface area contributed by atoms with Crippen LogP contribution in [0.4, 0.5) is 16.3 Å². The monoisotopic (exact) mass is 485 g/mol. The van der Waals surface area contributed by atoms with E-state index in [2.05, 4.69) is 9.80 Å². The molecular weight excluding hydrogens is 458 g/mol. The van der Waals surface area contributed by atoms with Gasteiger partial charge in [0.15, 0.2) is 5.41 Å². The fourth-order valence-corrected chi connectivity index (χ4v) is 5.97. The van der Waals surface area contributed by atoms with Gasteiger partial charge in [-0.25, -0.2) is 9.78 Å². The third-order valence-electron chi connectivity index (χ3n) is 7.84. The fraction of sp³-hybridized carbons (Fsp3) is 0.333. The Labute approximate surface area is 208 Å². The molecule has 0 N–H and O–H groups in total. The summed E-state index contributed by atoms with van der Waals surface area (Å²) >= 11 is 0. The van der Waals surface area contributed by atoms with Crippen molar-refractivity contribution in [3.05, 3.63) is 60.2 Å². The Morgan fingerprint density at radius 2 is 1.67 bits per heavy atom. The summed E-state index contributed by atoms with van der Waals surface area (Å²) in [5, 5.41) is 0.873. The number of nitrogens with zero attached hydrogens (tertiary/aromatic N) is 5. The fourth-order valence-electron chi connectivity index (χ4n) is 5.97. The lowest BCUT2D eigenvalue weighted by molar-refractivity contribution is -0.159. The van der Waals surface area contributed by atoms with E-state index < -0.39 is 29.3 Å². The smallest absolute Gasteiger partial charge is 0.332 e. The van der Waals surface area contributed by atoms with E-state index in [9.17, 15) is 14.4 Å². The van der Waals surface area contributed by atoms with Gasteiger partial charge in [-0.2, -0.15) is 0 Å². The highest BCUT2D eigenvalue weighted by atomic mass is 16.5. The van der Waals surface area contributed by atoms with Gasteiger partial charge in [0.05, 0.1) is 18.7 Å². The van der Waals surface area contributed by atoms with Crippen LogP contribution in [-0.2, 0) is 16.0 Å². The van der Waals surface area contributed by atoms with Gasteiger partial charge in [-0.1, -0.05) is 18.2 Å². The maximum Gasteiger partial charge on any atom is 0.332 e. The van der Waals surface area contributed by atoms with Crippen molar-refractivity contribution in [2.45, 2.75) is 12.5 Å². The van der Waals surface area contributed by atoms with Crippen LogP contribution in [0.25, 0.3) is 10.9 Å². The van der Waals surface area contributed by atoms with Crippen molar-refractivity contribution in [1.29, 1.82) is 0 Å². The molecule has 2 saturated heterocycles. The molecule has 2 aromatic carbocycles. The predicted molar refractivity (Wildman–Crippen MR) is 135 cm³/mol. The van der Waals surface area contributed by atoms with Gasteiger partial charge in [0.25, 0.3) is 0 Å². The molecule has 0 saturated carbocycles. The number of para-hydroxylation sites is 1. The van der Waals surface area contributed by atoms with Crippen LogP contribution in [0.15, 0.2) is 54.6 Å². The first-order chi connectivity index (χ1) is 17.3. The number of aromatic nitrogens is 1. The van der Waals surface area contributed by atoms with E-state index in [0.717, 1.165) is 37.8 Å². The molecule has 4 heterocycles. The van der Waals surface area contributed by atoms with Gasteiger partial charge in [0, 0.05) is 51.2 Å². The van der Waals surface area contributed by atoms with Crippen LogP contribution in [-0.4, -0.2) is 79.5 Å². The Morgan fingerprint density at radius 1 is 0.944 bits per heavy atom. The number of barbiturate groups is 1. The topological polar surface area (TPSA) is 86.3 Å². The van der Waals surface area contributed by atoms with Crippen LogP contribution in [0.5, 0.6) is 5.75 Å². The zero-order valence-corrected chi connectivity index (χ0v) is 20.5. The van der Waals surface area contributed by atoms with Crippen molar-refractivity contribution in [3.8, 4) is 5.75 Å². The molecule has 3 aliphatic rings. The lowest BCUT2D eigenvalue weighted by atomic mass is 9.68. The van der Waals surface area contributed by atoms with Crippen molar-refractivity contribution in [2.24, 2.45) is 5.41 Å². The standard InChI is InChI=1S/C27H27N5O4/c1-29-24(33)27(25(34)30(2)26(29)35)15-18-13-17-14-20(36-3)9-10-21(17)28-23(18)32-12-11-31(16-22(27)32)19-7-5-4-6-8-19/h4-10,13-14,22H,11-12,15-16H2,1-3H3. The lowest BCUT2D eigenvalue weighted by Gasteiger charge is -2.55. The number of hydrogen-bond acceptors (Lipinski definition) is 7. The second-order valence-corrected chi connectivity index (χ2v) is 9.68. The summed E-state index contributed by atoms with van der Waals surface area (Å²) in [6.45, 7) is 1.76. The van der Waals surface area contributed by atoms with Crippen LogP contribution in [0.3, 0.4) is 0 Å². The van der Waals surface area contributed by atoms with E-state index in [1.165, 1.54) is 14.1 Å². The van der Waals surface area contributed by atoms with Crippen molar-refractivity contribution in [2.75, 3.05) is 50.6 Å². The van der Waals surface area contributed by atoms with Crippen molar-refractivity contribution >= 4 is 40.3 Å². The van der Waals surface area contributed by atoms with Crippen LogP contribution < -0.4 is 14.5 Å². The van der Waals surface area contributed by atoms with Gasteiger partial charge < -0.3 is 14.5 Å². The average molecular weight is 486 g/mol. The van der Waals surface area contributed by atoms with Crippen LogP contribution >= 0.6 is 0 Å². The van der Waals surface area contributed by atoms with Crippen LogP contribution in [0.1, 0.15) is 5.56 Å². The maximum absolute atomic E-state index is 13.9. The van der Waals surface area contributed by atoms with E-state index in [1.54, 1.807) is 7.11 Å². The highest BCUT2D eigenvalue weighted by Gasteiger charge is 2.64. The quantitative estimate of drug-likeness (QED) is 0.516. The van der Waals surface area contributed by atoms with Crippen molar-refractivity contribution in [1.82, 2.24) is 14.8 Å². The summed E-state index contributed by atoms with van der Waals surface area (Å²) in [7, 11) is 4.52. The number of imide groups is 2. The highest BCUT2D eigenvalue weighted by molar-refractivity contribution is 6.20. The summed E-state index contributed by atoms with van der Waals surface area (Å²) in [6, 6.07) is 16.6.